The van der Waals surface area contributed by atoms with Crippen molar-refractivity contribution in [2.45, 2.75) is 53.0 Å². The maximum absolute atomic E-state index is 10.3. The molecule has 0 saturated carbocycles. The number of nitrogens with one attached hydrogen (secondary N) is 1. The summed E-state index contributed by atoms with van der Waals surface area (Å²) >= 11 is 0. The Morgan fingerprint density at radius 3 is 2.23 bits per heavy atom. The lowest BCUT2D eigenvalue weighted by Gasteiger charge is -2.06. The van der Waals surface area contributed by atoms with Gasteiger partial charge >= 0.3 is 0 Å². The zero-order valence-electron chi connectivity index (χ0n) is 9.39. The van der Waals surface area contributed by atoms with Gasteiger partial charge in [-0.25, -0.2) is 0 Å². The maximum Gasteiger partial charge on any atom is 0.217 e. The van der Waals surface area contributed by atoms with Gasteiger partial charge in [-0.15, -0.1) is 0 Å². The van der Waals surface area contributed by atoms with Gasteiger partial charge in [-0.3, -0.25) is 4.79 Å². The zero-order chi connectivity index (χ0) is 10.7. The summed E-state index contributed by atoms with van der Waals surface area (Å²) in [6.45, 7) is 9.19. The lowest BCUT2D eigenvalue weighted by atomic mass is 10.2. The molecular formula is C10H24N2O. The first-order valence-electron chi connectivity index (χ1n) is 5.14. The Bertz CT molecular complexity index is 113. The van der Waals surface area contributed by atoms with Crippen LogP contribution in [0.2, 0.25) is 0 Å². The molecule has 0 fully saturated rings. The summed E-state index contributed by atoms with van der Waals surface area (Å²) in [6, 6.07) is 0.531. The van der Waals surface area contributed by atoms with Crippen LogP contribution in [0.15, 0.2) is 0 Å². The van der Waals surface area contributed by atoms with Crippen LogP contribution in [-0.4, -0.2) is 18.5 Å². The van der Waals surface area contributed by atoms with E-state index in [1.54, 1.807) is 0 Å². The van der Waals surface area contributed by atoms with Gasteiger partial charge < -0.3 is 11.1 Å². The number of hydrogen-bond acceptors (Lipinski definition) is 2. The number of rotatable bonds is 6. The molecule has 0 aromatic rings. The fourth-order valence-corrected chi connectivity index (χ4v) is 0.815. The highest BCUT2D eigenvalue weighted by molar-refractivity contribution is 5.73. The molecular weight excluding hydrogens is 164 g/mol. The average Bonchev–Trinajstić information content (AvgIpc) is 2.06. The van der Waals surface area contributed by atoms with Crippen molar-refractivity contribution < 1.29 is 4.79 Å². The van der Waals surface area contributed by atoms with Gasteiger partial charge in [-0.05, 0) is 19.4 Å². The molecule has 0 aromatic heterocycles. The number of hydrogen-bond donors (Lipinski definition) is 2. The predicted octanol–water partition coefficient (Wildman–Crippen LogP) is 1.67. The van der Waals surface area contributed by atoms with Crippen LogP contribution in [-0.2, 0) is 4.79 Å². The monoisotopic (exact) mass is 188 g/mol. The second kappa shape index (κ2) is 11.4. The molecule has 0 radical (unpaired) electrons. The second-order valence-corrected chi connectivity index (χ2v) is 3.03. The maximum atomic E-state index is 10.3. The van der Waals surface area contributed by atoms with Crippen LogP contribution in [0.3, 0.4) is 0 Å². The van der Waals surface area contributed by atoms with Crippen LogP contribution in [0.5, 0.6) is 0 Å². The Morgan fingerprint density at radius 2 is 1.85 bits per heavy atom. The van der Waals surface area contributed by atoms with E-state index < -0.39 is 0 Å². The second-order valence-electron chi connectivity index (χ2n) is 3.03. The molecule has 3 N–H and O–H groups in total. The lowest BCUT2D eigenvalue weighted by molar-refractivity contribution is -0.118. The van der Waals surface area contributed by atoms with Gasteiger partial charge in [0.1, 0.15) is 0 Å². The van der Waals surface area contributed by atoms with E-state index in [1.165, 1.54) is 0 Å². The molecule has 0 bridgehead atoms. The van der Waals surface area contributed by atoms with Crippen molar-refractivity contribution in [3.63, 3.8) is 0 Å². The molecule has 0 aliphatic rings. The van der Waals surface area contributed by atoms with Gasteiger partial charge in [-0.1, -0.05) is 27.7 Å². The summed E-state index contributed by atoms with van der Waals surface area (Å²) in [4.78, 5) is 10.3. The standard InChI is InChI=1S/C8H18N2O.C2H6/c1-7(2)10-6-4-3-5-8(9)11;1-2/h7,10H,3-6H2,1-2H3,(H2,9,11);1-2H3. The SMILES string of the molecule is CC.CC(C)NCCCCC(N)=O. The van der Waals surface area contributed by atoms with Crippen LogP contribution >= 0.6 is 0 Å². The highest BCUT2D eigenvalue weighted by Crippen LogP contribution is 1.92. The van der Waals surface area contributed by atoms with Crippen molar-refractivity contribution in [3.8, 4) is 0 Å². The summed E-state index contributed by atoms with van der Waals surface area (Å²) in [5.41, 5.74) is 4.98. The normalized spacial score (nSPS) is 9.31. The Kier molecular flexibility index (Phi) is 13.1. The van der Waals surface area contributed by atoms with Gasteiger partial charge in [0.15, 0.2) is 0 Å². The molecule has 0 rings (SSSR count). The van der Waals surface area contributed by atoms with Crippen molar-refractivity contribution in [2.24, 2.45) is 5.73 Å². The number of primary amides is 1. The number of carbonyl (C=O) groups is 1. The molecule has 0 saturated heterocycles. The van der Waals surface area contributed by atoms with E-state index in [4.69, 9.17) is 5.73 Å². The molecule has 0 aromatic carbocycles. The number of amides is 1. The fourth-order valence-electron chi connectivity index (χ4n) is 0.815. The van der Waals surface area contributed by atoms with Crippen LogP contribution < -0.4 is 11.1 Å². The third kappa shape index (κ3) is 18.4. The Morgan fingerprint density at radius 1 is 1.31 bits per heavy atom. The quantitative estimate of drug-likeness (QED) is 0.623. The average molecular weight is 188 g/mol. The van der Waals surface area contributed by atoms with E-state index in [0.717, 1.165) is 19.4 Å². The molecule has 13 heavy (non-hydrogen) atoms. The van der Waals surface area contributed by atoms with Crippen molar-refractivity contribution in [3.05, 3.63) is 0 Å². The Balaban J connectivity index is 0. The minimum atomic E-state index is -0.199. The molecule has 0 heterocycles. The first-order chi connectivity index (χ1) is 6.13. The van der Waals surface area contributed by atoms with E-state index in [1.807, 2.05) is 13.8 Å². The smallest absolute Gasteiger partial charge is 0.217 e. The third-order valence-corrected chi connectivity index (χ3v) is 1.40. The van der Waals surface area contributed by atoms with E-state index in [0.29, 0.717) is 12.5 Å². The summed E-state index contributed by atoms with van der Waals surface area (Å²) in [5, 5.41) is 3.27. The van der Waals surface area contributed by atoms with Gasteiger partial charge in [0.2, 0.25) is 5.91 Å². The molecule has 1 amide bonds. The summed E-state index contributed by atoms with van der Waals surface area (Å²) < 4.78 is 0. The highest BCUT2D eigenvalue weighted by atomic mass is 16.1. The van der Waals surface area contributed by atoms with Gasteiger partial charge in [0, 0.05) is 12.5 Å². The topological polar surface area (TPSA) is 55.1 Å². The Labute approximate surface area is 82.1 Å². The van der Waals surface area contributed by atoms with Crippen molar-refractivity contribution in [2.75, 3.05) is 6.54 Å². The fraction of sp³-hybridized carbons (Fsp3) is 0.900. The van der Waals surface area contributed by atoms with E-state index >= 15 is 0 Å². The molecule has 0 unspecified atom stereocenters. The molecule has 80 valence electrons. The molecule has 0 spiro atoms. The van der Waals surface area contributed by atoms with Crippen molar-refractivity contribution in [1.82, 2.24) is 5.32 Å². The molecule has 0 aliphatic heterocycles. The zero-order valence-corrected chi connectivity index (χ0v) is 9.39. The minimum Gasteiger partial charge on any atom is -0.370 e. The summed E-state index contributed by atoms with van der Waals surface area (Å²) in [7, 11) is 0. The highest BCUT2D eigenvalue weighted by Gasteiger charge is 1.94. The first-order valence-corrected chi connectivity index (χ1v) is 5.14. The predicted molar refractivity (Wildman–Crippen MR) is 57.5 cm³/mol. The third-order valence-electron chi connectivity index (χ3n) is 1.40. The van der Waals surface area contributed by atoms with Crippen LogP contribution in [0.4, 0.5) is 0 Å². The van der Waals surface area contributed by atoms with E-state index in [2.05, 4.69) is 19.2 Å². The largest absolute Gasteiger partial charge is 0.370 e. The summed E-state index contributed by atoms with van der Waals surface area (Å²) in [6.07, 6.45) is 2.44. The van der Waals surface area contributed by atoms with Crippen LogP contribution in [0.25, 0.3) is 0 Å². The molecule has 0 aliphatic carbocycles. The van der Waals surface area contributed by atoms with Gasteiger partial charge in [0.25, 0.3) is 0 Å². The van der Waals surface area contributed by atoms with E-state index in [-0.39, 0.29) is 5.91 Å². The van der Waals surface area contributed by atoms with Crippen LogP contribution in [0.1, 0.15) is 47.0 Å². The van der Waals surface area contributed by atoms with Crippen molar-refractivity contribution in [1.29, 1.82) is 0 Å². The number of carbonyl (C=O) groups excluding carboxylic acids is 1. The minimum absolute atomic E-state index is 0.199. The number of nitrogens with two attached hydrogens (primary N) is 1. The number of unbranched alkanes of at least 4 members (excludes halogenated alkanes) is 1. The van der Waals surface area contributed by atoms with Gasteiger partial charge in [-0.2, -0.15) is 0 Å². The molecule has 0 atom stereocenters. The van der Waals surface area contributed by atoms with Gasteiger partial charge in [0.05, 0.1) is 0 Å². The Hall–Kier alpha value is -0.570. The van der Waals surface area contributed by atoms with Crippen LogP contribution in [0, 0.1) is 0 Å². The van der Waals surface area contributed by atoms with E-state index in [9.17, 15) is 4.79 Å². The van der Waals surface area contributed by atoms with Crippen molar-refractivity contribution >= 4 is 5.91 Å². The lowest BCUT2D eigenvalue weighted by Crippen LogP contribution is -2.23. The molecule has 3 nitrogen and oxygen atoms in total. The molecule has 3 heteroatoms. The first kappa shape index (κ1) is 14.9. The summed E-state index contributed by atoms with van der Waals surface area (Å²) in [5.74, 6) is -0.199.